The standard InChI is InChI=1S/C22H24F3N5O4/c1-2-5-17(21(33)34)26-19(31)16-8-9-18(28-27-16)29-10-12-30(13-11-29)20(32)14-6-3-4-7-15(14)22(23,24)25/h3-4,6-9,17H,2,5,10-13H2,1H3,(H,26,31)(H,33,34). The maximum atomic E-state index is 13.2. The van der Waals surface area contributed by atoms with Gasteiger partial charge in [0.25, 0.3) is 11.8 Å². The van der Waals surface area contributed by atoms with Gasteiger partial charge in [-0.3, -0.25) is 9.59 Å². The molecule has 0 bridgehead atoms. The number of carbonyl (C=O) groups is 3. The van der Waals surface area contributed by atoms with E-state index in [9.17, 15) is 27.6 Å². The first-order valence-electron chi connectivity index (χ1n) is 10.7. The molecular formula is C22H24F3N5O4. The third-order valence-corrected chi connectivity index (χ3v) is 5.42. The third kappa shape index (κ3) is 5.80. The van der Waals surface area contributed by atoms with Crippen molar-refractivity contribution >= 4 is 23.6 Å². The van der Waals surface area contributed by atoms with E-state index in [4.69, 9.17) is 5.11 Å². The summed E-state index contributed by atoms with van der Waals surface area (Å²) >= 11 is 0. The number of carbonyl (C=O) groups excluding carboxylic acids is 2. The minimum absolute atomic E-state index is 0.0383. The monoisotopic (exact) mass is 479 g/mol. The SMILES string of the molecule is CCCC(NC(=O)c1ccc(N2CCN(C(=O)c3ccccc3C(F)(F)F)CC2)nn1)C(=O)O. The molecule has 1 aromatic heterocycles. The van der Waals surface area contributed by atoms with Crippen LogP contribution in [0.3, 0.4) is 0 Å². The zero-order valence-electron chi connectivity index (χ0n) is 18.4. The van der Waals surface area contributed by atoms with E-state index in [2.05, 4.69) is 15.5 Å². The molecule has 0 saturated carbocycles. The van der Waals surface area contributed by atoms with Crippen LogP contribution in [0.4, 0.5) is 19.0 Å². The lowest BCUT2D eigenvalue weighted by Gasteiger charge is -2.35. The number of rotatable bonds is 7. The fourth-order valence-electron chi connectivity index (χ4n) is 3.62. The Kier molecular flexibility index (Phi) is 7.69. The van der Waals surface area contributed by atoms with Gasteiger partial charge in [-0.05, 0) is 30.7 Å². The van der Waals surface area contributed by atoms with E-state index in [0.29, 0.717) is 25.3 Å². The Morgan fingerprint density at radius 1 is 1.06 bits per heavy atom. The van der Waals surface area contributed by atoms with Gasteiger partial charge in [-0.15, -0.1) is 10.2 Å². The second kappa shape index (κ2) is 10.5. The molecule has 182 valence electrons. The van der Waals surface area contributed by atoms with Crippen molar-refractivity contribution in [1.29, 1.82) is 0 Å². The van der Waals surface area contributed by atoms with Crippen LogP contribution in [-0.2, 0) is 11.0 Å². The number of benzene rings is 1. The molecule has 2 amide bonds. The summed E-state index contributed by atoms with van der Waals surface area (Å²) in [6.45, 7) is 2.81. The number of aromatic nitrogens is 2. The summed E-state index contributed by atoms with van der Waals surface area (Å²) in [6, 6.07) is 6.64. The number of hydrogen-bond acceptors (Lipinski definition) is 6. The molecule has 1 aromatic carbocycles. The van der Waals surface area contributed by atoms with Gasteiger partial charge in [-0.1, -0.05) is 25.5 Å². The highest BCUT2D eigenvalue weighted by Crippen LogP contribution is 2.32. The van der Waals surface area contributed by atoms with Gasteiger partial charge in [-0.25, -0.2) is 4.79 Å². The first-order valence-corrected chi connectivity index (χ1v) is 10.7. The maximum Gasteiger partial charge on any atom is 0.417 e. The number of nitrogens with one attached hydrogen (secondary N) is 1. The zero-order chi connectivity index (χ0) is 24.9. The molecule has 9 nitrogen and oxygen atoms in total. The number of amides is 2. The summed E-state index contributed by atoms with van der Waals surface area (Å²) in [4.78, 5) is 39.3. The Balaban J connectivity index is 1.61. The summed E-state index contributed by atoms with van der Waals surface area (Å²) in [5.41, 5.74) is -1.39. The molecule has 1 aliphatic heterocycles. The first kappa shape index (κ1) is 24.9. The second-order valence-corrected chi connectivity index (χ2v) is 7.75. The predicted octanol–water partition coefficient (Wildman–Crippen LogP) is 2.44. The quantitative estimate of drug-likeness (QED) is 0.627. The van der Waals surface area contributed by atoms with Gasteiger partial charge < -0.3 is 20.2 Å². The van der Waals surface area contributed by atoms with Crippen LogP contribution in [0.2, 0.25) is 0 Å². The van der Waals surface area contributed by atoms with Gasteiger partial charge in [0.15, 0.2) is 11.5 Å². The van der Waals surface area contributed by atoms with Crippen molar-refractivity contribution in [3.8, 4) is 0 Å². The van der Waals surface area contributed by atoms with Crippen molar-refractivity contribution in [1.82, 2.24) is 20.4 Å². The number of carboxylic acid groups (broad SMARTS) is 1. The van der Waals surface area contributed by atoms with Gasteiger partial charge in [0.05, 0.1) is 11.1 Å². The molecule has 2 heterocycles. The lowest BCUT2D eigenvalue weighted by molar-refractivity contribution is -0.139. The van der Waals surface area contributed by atoms with Crippen LogP contribution >= 0.6 is 0 Å². The fourth-order valence-corrected chi connectivity index (χ4v) is 3.62. The molecule has 1 aliphatic rings. The molecule has 0 spiro atoms. The van der Waals surface area contributed by atoms with E-state index >= 15 is 0 Å². The lowest BCUT2D eigenvalue weighted by Crippen LogP contribution is -2.49. The van der Waals surface area contributed by atoms with Gasteiger partial charge in [-0.2, -0.15) is 13.2 Å². The predicted molar refractivity (Wildman–Crippen MR) is 115 cm³/mol. The molecule has 2 N–H and O–H groups in total. The third-order valence-electron chi connectivity index (χ3n) is 5.42. The van der Waals surface area contributed by atoms with Crippen molar-refractivity contribution in [2.45, 2.75) is 32.0 Å². The minimum atomic E-state index is -4.63. The van der Waals surface area contributed by atoms with Crippen molar-refractivity contribution < 1.29 is 32.7 Å². The second-order valence-electron chi connectivity index (χ2n) is 7.75. The van der Waals surface area contributed by atoms with Crippen LogP contribution in [0.5, 0.6) is 0 Å². The molecule has 12 heteroatoms. The van der Waals surface area contributed by atoms with Crippen LogP contribution in [0.15, 0.2) is 36.4 Å². The Labute approximate surface area is 193 Å². The minimum Gasteiger partial charge on any atom is -0.480 e. The van der Waals surface area contributed by atoms with E-state index in [1.165, 1.54) is 29.2 Å². The first-order chi connectivity index (χ1) is 16.1. The van der Waals surface area contributed by atoms with Crippen LogP contribution in [0, 0.1) is 0 Å². The van der Waals surface area contributed by atoms with Gasteiger partial charge in [0.1, 0.15) is 6.04 Å². The number of anilines is 1. The van der Waals surface area contributed by atoms with E-state index in [1.54, 1.807) is 17.9 Å². The topological polar surface area (TPSA) is 116 Å². The Morgan fingerprint density at radius 3 is 2.29 bits per heavy atom. The van der Waals surface area contributed by atoms with Gasteiger partial charge in [0.2, 0.25) is 0 Å². The molecule has 34 heavy (non-hydrogen) atoms. The van der Waals surface area contributed by atoms with Gasteiger partial charge >= 0.3 is 12.1 Å². The number of alkyl halides is 3. The number of carboxylic acids is 1. The van der Waals surface area contributed by atoms with Crippen LogP contribution in [0.25, 0.3) is 0 Å². The van der Waals surface area contributed by atoms with Gasteiger partial charge in [0, 0.05) is 26.2 Å². The van der Waals surface area contributed by atoms with Crippen LogP contribution in [0.1, 0.15) is 46.2 Å². The number of nitrogens with zero attached hydrogens (tertiary/aromatic N) is 4. The largest absolute Gasteiger partial charge is 0.480 e. The lowest BCUT2D eigenvalue weighted by atomic mass is 10.1. The molecule has 1 saturated heterocycles. The molecular weight excluding hydrogens is 455 g/mol. The number of hydrogen-bond donors (Lipinski definition) is 2. The molecule has 3 rings (SSSR count). The summed E-state index contributed by atoms with van der Waals surface area (Å²) in [5, 5.41) is 19.4. The Bertz CT molecular complexity index is 1040. The van der Waals surface area contributed by atoms with Crippen LogP contribution < -0.4 is 10.2 Å². The highest BCUT2D eigenvalue weighted by molar-refractivity contribution is 5.96. The molecule has 1 atom stereocenters. The highest BCUT2D eigenvalue weighted by Gasteiger charge is 2.36. The van der Waals surface area contributed by atoms with Crippen molar-refractivity contribution in [2.24, 2.45) is 0 Å². The molecule has 1 unspecified atom stereocenters. The summed E-state index contributed by atoms with van der Waals surface area (Å²) in [7, 11) is 0. The number of piperazine rings is 1. The highest BCUT2D eigenvalue weighted by atomic mass is 19.4. The zero-order valence-corrected chi connectivity index (χ0v) is 18.4. The number of halogens is 3. The average molecular weight is 479 g/mol. The van der Waals surface area contributed by atoms with Crippen LogP contribution in [-0.4, -0.2) is 70.2 Å². The van der Waals surface area contributed by atoms with E-state index in [1.807, 2.05) is 0 Å². The normalized spacial score (nSPS) is 15.1. The van der Waals surface area contributed by atoms with E-state index in [0.717, 1.165) is 6.07 Å². The summed E-state index contributed by atoms with van der Waals surface area (Å²) in [6.07, 6.45) is -3.76. The van der Waals surface area contributed by atoms with Crippen molar-refractivity contribution in [3.63, 3.8) is 0 Å². The molecule has 0 aliphatic carbocycles. The fraction of sp³-hybridized carbons (Fsp3) is 0.409. The summed E-state index contributed by atoms with van der Waals surface area (Å²) < 4.78 is 39.7. The van der Waals surface area contributed by atoms with E-state index < -0.39 is 35.6 Å². The average Bonchev–Trinajstić information content (AvgIpc) is 2.83. The summed E-state index contributed by atoms with van der Waals surface area (Å²) in [5.74, 6) is -2.04. The molecule has 2 aromatic rings. The van der Waals surface area contributed by atoms with Crippen molar-refractivity contribution in [2.75, 3.05) is 31.1 Å². The molecule has 0 radical (unpaired) electrons. The van der Waals surface area contributed by atoms with E-state index in [-0.39, 0.29) is 30.8 Å². The Morgan fingerprint density at radius 2 is 1.74 bits per heavy atom. The maximum absolute atomic E-state index is 13.2. The number of aliphatic carboxylic acids is 1. The Hall–Kier alpha value is -3.70. The van der Waals surface area contributed by atoms with Crippen molar-refractivity contribution in [3.05, 3.63) is 53.2 Å². The molecule has 1 fully saturated rings. The smallest absolute Gasteiger partial charge is 0.417 e.